The van der Waals surface area contributed by atoms with Crippen LogP contribution in [0.1, 0.15) is 16.8 Å². The molecule has 2 N–H and O–H groups in total. The third-order valence-electron chi connectivity index (χ3n) is 2.74. The lowest BCUT2D eigenvalue weighted by molar-refractivity contribution is 0.368. The first-order chi connectivity index (χ1) is 9.96. The second-order valence-corrected chi connectivity index (χ2v) is 5.34. The molecule has 1 aromatic carbocycles. The minimum atomic E-state index is -0.745. The molecule has 0 aliphatic rings. The number of methoxy groups -OCH3 is 2. The van der Waals surface area contributed by atoms with Gasteiger partial charge in [-0.3, -0.25) is 0 Å². The molecule has 8 heteroatoms. The molecule has 0 radical (unpaired) electrons. The van der Waals surface area contributed by atoms with Crippen molar-refractivity contribution in [1.82, 2.24) is 9.97 Å². The van der Waals surface area contributed by atoms with Gasteiger partial charge in [-0.05, 0) is 12.1 Å². The fraction of sp³-hybridized carbons (Fsp3) is 0.231. The lowest BCUT2D eigenvalue weighted by atomic mass is 10.1. The van der Waals surface area contributed by atoms with Crippen molar-refractivity contribution in [3.05, 3.63) is 39.6 Å². The number of halogens is 3. The van der Waals surface area contributed by atoms with E-state index in [2.05, 4.69) is 9.97 Å². The van der Waals surface area contributed by atoms with Crippen molar-refractivity contribution in [2.45, 2.75) is 5.38 Å². The normalized spacial score (nSPS) is 12.0. The lowest BCUT2D eigenvalue weighted by Crippen LogP contribution is -2.06. The molecule has 1 unspecified atom stereocenters. The van der Waals surface area contributed by atoms with Crippen molar-refractivity contribution < 1.29 is 9.47 Å². The maximum Gasteiger partial charge on any atom is 0.220 e. The van der Waals surface area contributed by atoms with Crippen molar-refractivity contribution in [1.29, 1.82) is 0 Å². The van der Waals surface area contributed by atoms with Crippen molar-refractivity contribution >= 4 is 40.5 Å². The first kappa shape index (κ1) is 15.9. The van der Waals surface area contributed by atoms with Crippen LogP contribution in [0.25, 0.3) is 0 Å². The summed E-state index contributed by atoms with van der Waals surface area (Å²) in [7, 11) is 2.97. The predicted octanol–water partition coefficient (Wildman–Crippen LogP) is 3.71. The predicted molar refractivity (Wildman–Crippen MR) is 83.7 cm³/mol. The van der Waals surface area contributed by atoms with E-state index >= 15 is 0 Å². The van der Waals surface area contributed by atoms with Crippen LogP contribution in [0.15, 0.2) is 18.2 Å². The summed E-state index contributed by atoms with van der Waals surface area (Å²) >= 11 is 18.4. The van der Waals surface area contributed by atoms with Gasteiger partial charge in [0.25, 0.3) is 0 Å². The van der Waals surface area contributed by atoms with Crippen LogP contribution in [-0.2, 0) is 0 Å². The number of nitrogens with two attached hydrogens (primary N) is 1. The first-order valence-corrected chi connectivity index (χ1v) is 7.01. The third-order valence-corrected chi connectivity index (χ3v) is 3.70. The zero-order valence-electron chi connectivity index (χ0n) is 11.2. The molecule has 2 aromatic rings. The molecule has 21 heavy (non-hydrogen) atoms. The largest absolute Gasteiger partial charge is 0.481 e. The Bertz CT molecular complexity index is 645. The van der Waals surface area contributed by atoms with E-state index in [-0.39, 0.29) is 5.82 Å². The Balaban J connectivity index is 2.51. The fourth-order valence-electron chi connectivity index (χ4n) is 1.70. The van der Waals surface area contributed by atoms with Gasteiger partial charge in [-0.1, -0.05) is 23.2 Å². The van der Waals surface area contributed by atoms with Crippen LogP contribution in [0.5, 0.6) is 11.8 Å². The van der Waals surface area contributed by atoms with Crippen LogP contribution in [0, 0.1) is 0 Å². The van der Waals surface area contributed by atoms with E-state index in [1.165, 1.54) is 14.2 Å². The fourth-order valence-corrected chi connectivity index (χ4v) is 2.48. The second kappa shape index (κ2) is 6.56. The average Bonchev–Trinajstić information content (AvgIpc) is 2.49. The van der Waals surface area contributed by atoms with E-state index in [4.69, 9.17) is 50.0 Å². The molecule has 1 aromatic heterocycles. The summed E-state index contributed by atoms with van der Waals surface area (Å²) in [6.07, 6.45) is 0. The summed E-state index contributed by atoms with van der Waals surface area (Å²) in [6.45, 7) is 0. The molecule has 112 valence electrons. The molecule has 0 spiro atoms. The highest BCUT2D eigenvalue weighted by Gasteiger charge is 2.21. The highest BCUT2D eigenvalue weighted by atomic mass is 35.5. The summed E-state index contributed by atoms with van der Waals surface area (Å²) in [6, 6.07) is 4.70. The number of rotatable bonds is 4. The Morgan fingerprint density at radius 3 is 2.14 bits per heavy atom. The van der Waals surface area contributed by atoms with Gasteiger partial charge in [0.15, 0.2) is 5.82 Å². The zero-order chi connectivity index (χ0) is 15.6. The maximum atomic E-state index is 6.41. The highest BCUT2D eigenvalue weighted by molar-refractivity contribution is 6.37. The van der Waals surface area contributed by atoms with Gasteiger partial charge in [0.1, 0.15) is 5.38 Å². The van der Waals surface area contributed by atoms with Crippen LogP contribution in [0.2, 0.25) is 10.0 Å². The number of nitrogens with zero attached hydrogens (tertiary/aromatic N) is 2. The molecule has 1 heterocycles. The van der Waals surface area contributed by atoms with Crippen LogP contribution in [0.4, 0.5) is 5.69 Å². The molecular formula is C13H12Cl3N3O2. The number of hydrogen-bond acceptors (Lipinski definition) is 5. The van der Waals surface area contributed by atoms with Crippen LogP contribution in [-0.4, -0.2) is 24.2 Å². The highest BCUT2D eigenvalue weighted by Crippen LogP contribution is 2.37. The van der Waals surface area contributed by atoms with Crippen molar-refractivity contribution in [3.8, 4) is 11.8 Å². The summed E-state index contributed by atoms with van der Waals surface area (Å²) in [4.78, 5) is 8.38. The Morgan fingerprint density at radius 2 is 1.62 bits per heavy atom. The monoisotopic (exact) mass is 347 g/mol. The van der Waals surface area contributed by atoms with E-state index in [9.17, 15) is 0 Å². The Hall–Kier alpha value is -1.43. The van der Waals surface area contributed by atoms with Crippen molar-refractivity contribution in [2.75, 3.05) is 20.0 Å². The van der Waals surface area contributed by atoms with E-state index in [1.54, 1.807) is 18.2 Å². The second-order valence-electron chi connectivity index (χ2n) is 4.06. The molecule has 0 aliphatic heterocycles. The molecule has 0 fully saturated rings. The third kappa shape index (κ3) is 3.43. The van der Waals surface area contributed by atoms with Crippen LogP contribution < -0.4 is 15.2 Å². The molecular weight excluding hydrogens is 337 g/mol. The van der Waals surface area contributed by atoms with Gasteiger partial charge in [-0.2, -0.15) is 9.97 Å². The number of alkyl halides is 1. The summed E-state index contributed by atoms with van der Waals surface area (Å²) in [5.74, 6) is 0.932. The van der Waals surface area contributed by atoms with Gasteiger partial charge >= 0.3 is 0 Å². The topological polar surface area (TPSA) is 70.3 Å². The number of nitrogen functional groups attached to an aromatic ring is 1. The lowest BCUT2D eigenvalue weighted by Gasteiger charge is -2.14. The van der Waals surface area contributed by atoms with E-state index in [1.807, 2.05) is 0 Å². The van der Waals surface area contributed by atoms with E-state index in [0.717, 1.165) is 0 Å². The SMILES string of the molecule is COc1cc(OC)nc(C(Cl)c2cc(Cl)cc(Cl)c2N)n1. The molecule has 0 saturated carbocycles. The molecule has 2 rings (SSSR count). The number of benzene rings is 1. The van der Waals surface area contributed by atoms with Gasteiger partial charge in [0, 0.05) is 10.6 Å². The molecule has 1 atom stereocenters. The summed E-state index contributed by atoms with van der Waals surface area (Å²) in [5, 5.41) is -0.00655. The molecule has 5 nitrogen and oxygen atoms in total. The van der Waals surface area contributed by atoms with Crippen molar-refractivity contribution in [3.63, 3.8) is 0 Å². The van der Waals surface area contributed by atoms with Gasteiger partial charge < -0.3 is 15.2 Å². The van der Waals surface area contributed by atoms with Gasteiger partial charge in [-0.25, -0.2) is 0 Å². The molecule has 0 saturated heterocycles. The number of aromatic nitrogens is 2. The van der Waals surface area contributed by atoms with Gasteiger partial charge in [-0.15, -0.1) is 11.6 Å². The first-order valence-electron chi connectivity index (χ1n) is 5.81. The van der Waals surface area contributed by atoms with Crippen molar-refractivity contribution in [2.24, 2.45) is 0 Å². The minimum Gasteiger partial charge on any atom is -0.481 e. The number of hydrogen-bond donors (Lipinski definition) is 1. The molecule has 0 aliphatic carbocycles. The number of anilines is 1. The quantitative estimate of drug-likeness (QED) is 0.673. The smallest absolute Gasteiger partial charge is 0.220 e. The summed E-state index contributed by atoms with van der Waals surface area (Å²) < 4.78 is 10.2. The summed E-state index contributed by atoms with van der Waals surface area (Å²) in [5.41, 5.74) is 6.78. The van der Waals surface area contributed by atoms with E-state index < -0.39 is 5.38 Å². The van der Waals surface area contributed by atoms with Crippen LogP contribution in [0.3, 0.4) is 0 Å². The minimum absolute atomic E-state index is 0.276. The Morgan fingerprint density at radius 1 is 1.05 bits per heavy atom. The molecule has 0 amide bonds. The zero-order valence-corrected chi connectivity index (χ0v) is 13.5. The standard InChI is InChI=1S/C13H12Cl3N3O2/c1-20-9-5-10(21-2)19-13(18-9)11(16)7-3-6(14)4-8(15)12(7)17/h3-5,11H,17H2,1-2H3. The van der Waals surface area contributed by atoms with E-state index in [0.29, 0.717) is 33.1 Å². The number of ether oxygens (including phenoxy) is 2. The van der Waals surface area contributed by atoms with Crippen LogP contribution >= 0.6 is 34.8 Å². The Kier molecular flexibility index (Phi) is 4.98. The maximum absolute atomic E-state index is 6.41. The van der Waals surface area contributed by atoms with Gasteiger partial charge in [0.2, 0.25) is 11.8 Å². The molecule has 0 bridgehead atoms. The van der Waals surface area contributed by atoms with Gasteiger partial charge in [0.05, 0.1) is 31.0 Å². The Labute approximate surface area is 136 Å². The average molecular weight is 349 g/mol.